The van der Waals surface area contributed by atoms with Crippen LogP contribution in [0.25, 0.3) is 0 Å². The molecule has 96 valence electrons. The molecule has 1 aliphatic carbocycles. The highest BCUT2D eigenvalue weighted by atomic mass is 79.9. The first-order valence-electron chi connectivity index (χ1n) is 6.34. The van der Waals surface area contributed by atoms with Gasteiger partial charge >= 0.3 is 0 Å². The van der Waals surface area contributed by atoms with Gasteiger partial charge in [-0.2, -0.15) is 5.10 Å². The molecule has 1 aromatic carbocycles. The van der Waals surface area contributed by atoms with Crippen molar-refractivity contribution in [3.63, 3.8) is 0 Å². The van der Waals surface area contributed by atoms with Gasteiger partial charge in [0.15, 0.2) is 0 Å². The molecular formula is C14H17BrN2O. The number of rotatable bonds is 3. The van der Waals surface area contributed by atoms with Crippen LogP contribution < -0.4 is 5.43 Å². The molecule has 0 heterocycles. The minimum atomic E-state index is 0.0584. The van der Waals surface area contributed by atoms with Gasteiger partial charge in [-0.15, -0.1) is 0 Å². The molecule has 0 unspecified atom stereocenters. The van der Waals surface area contributed by atoms with E-state index in [0.717, 1.165) is 35.7 Å². The number of halogens is 1. The van der Waals surface area contributed by atoms with Crippen molar-refractivity contribution >= 4 is 28.1 Å². The van der Waals surface area contributed by atoms with Crippen molar-refractivity contribution in [1.29, 1.82) is 0 Å². The Kier molecular flexibility index (Phi) is 4.93. The molecule has 0 atom stereocenters. The summed E-state index contributed by atoms with van der Waals surface area (Å²) in [5.74, 6) is 0.212. The number of carbonyl (C=O) groups excluding carboxylic acids is 1. The van der Waals surface area contributed by atoms with Gasteiger partial charge in [-0.25, -0.2) is 5.43 Å². The molecule has 2 rings (SSSR count). The molecule has 1 aromatic rings. The summed E-state index contributed by atoms with van der Waals surface area (Å²) in [4.78, 5) is 11.8. The standard InChI is InChI=1S/C14H17BrN2O/c15-13-8-6-11(7-9-13)10-16-17-14(18)12-4-2-1-3-5-12/h6-10,12H,1-5H2,(H,17,18)/b16-10+. The summed E-state index contributed by atoms with van der Waals surface area (Å²) in [5, 5.41) is 4.01. The largest absolute Gasteiger partial charge is 0.273 e. The Bertz CT molecular complexity index is 422. The van der Waals surface area contributed by atoms with Gasteiger partial charge in [0, 0.05) is 10.4 Å². The maximum absolute atomic E-state index is 11.8. The maximum atomic E-state index is 11.8. The highest BCUT2D eigenvalue weighted by molar-refractivity contribution is 9.10. The predicted molar refractivity (Wildman–Crippen MR) is 76.5 cm³/mol. The molecule has 0 radical (unpaired) electrons. The Morgan fingerprint density at radius 3 is 2.56 bits per heavy atom. The molecule has 1 saturated carbocycles. The summed E-state index contributed by atoms with van der Waals surface area (Å²) < 4.78 is 1.03. The van der Waals surface area contributed by atoms with Gasteiger partial charge in [-0.05, 0) is 30.5 Å². The minimum absolute atomic E-state index is 0.0584. The van der Waals surface area contributed by atoms with Crippen LogP contribution in [0, 0.1) is 5.92 Å². The summed E-state index contributed by atoms with van der Waals surface area (Å²) in [5.41, 5.74) is 3.61. The zero-order valence-electron chi connectivity index (χ0n) is 10.2. The third-order valence-electron chi connectivity index (χ3n) is 3.23. The number of hydrogen-bond donors (Lipinski definition) is 1. The minimum Gasteiger partial charge on any atom is -0.273 e. The van der Waals surface area contributed by atoms with Crippen molar-refractivity contribution in [2.45, 2.75) is 32.1 Å². The van der Waals surface area contributed by atoms with Crippen LogP contribution in [-0.2, 0) is 4.79 Å². The van der Waals surface area contributed by atoms with E-state index in [-0.39, 0.29) is 11.8 Å². The zero-order valence-corrected chi connectivity index (χ0v) is 11.8. The lowest BCUT2D eigenvalue weighted by atomic mass is 9.89. The number of benzene rings is 1. The Hall–Kier alpha value is -1.16. The van der Waals surface area contributed by atoms with Crippen LogP contribution in [0.4, 0.5) is 0 Å². The molecule has 1 amide bonds. The molecule has 0 spiro atoms. The summed E-state index contributed by atoms with van der Waals surface area (Å²) >= 11 is 3.37. The normalized spacial score (nSPS) is 16.9. The van der Waals surface area contributed by atoms with Crippen LogP contribution in [0.1, 0.15) is 37.7 Å². The molecule has 1 aliphatic rings. The van der Waals surface area contributed by atoms with Crippen LogP contribution in [0.2, 0.25) is 0 Å². The number of hydrogen-bond acceptors (Lipinski definition) is 2. The summed E-state index contributed by atoms with van der Waals surface area (Å²) in [6.45, 7) is 0. The first-order chi connectivity index (χ1) is 8.75. The maximum Gasteiger partial charge on any atom is 0.243 e. The monoisotopic (exact) mass is 308 g/mol. The van der Waals surface area contributed by atoms with Gasteiger partial charge in [0.05, 0.1) is 6.21 Å². The first-order valence-corrected chi connectivity index (χ1v) is 7.13. The fraction of sp³-hybridized carbons (Fsp3) is 0.429. The van der Waals surface area contributed by atoms with Gasteiger partial charge in [0.25, 0.3) is 0 Å². The van der Waals surface area contributed by atoms with E-state index < -0.39 is 0 Å². The molecule has 1 fully saturated rings. The van der Waals surface area contributed by atoms with Crippen molar-refractivity contribution in [3.05, 3.63) is 34.3 Å². The van der Waals surface area contributed by atoms with Crippen molar-refractivity contribution in [2.75, 3.05) is 0 Å². The van der Waals surface area contributed by atoms with E-state index in [1.807, 2.05) is 24.3 Å². The predicted octanol–water partition coefficient (Wildman–Crippen LogP) is 3.48. The highest BCUT2D eigenvalue weighted by Gasteiger charge is 2.20. The summed E-state index contributed by atoms with van der Waals surface area (Å²) in [7, 11) is 0. The van der Waals surface area contributed by atoms with E-state index in [1.165, 1.54) is 6.42 Å². The summed E-state index contributed by atoms with van der Waals surface area (Å²) in [6, 6.07) is 7.79. The Morgan fingerprint density at radius 1 is 1.22 bits per heavy atom. The van der Waals surface area contributed by atoms with E-state index >= 15 is 0 Å². The second kappa shape index (κ2) is 6.69. The molecule has 18 heavy (non-hydrogen) atoms. The van der Waals surface area contributed by atoms with Gasteiger partial charge in [0.2, 0.25) is 5.91 Å². The van der Waals surface area contributed by atoms with Gasteiger partial charge in [0.1, 0.15) is 0 Å². The fourth-order valence-corrected chi connectivity index (χ4v) is 2.44. The second-order valence-corrected chi connectivity index (χ2v) is 5.54. The lowest BCUT2D eigenvalue weighted by Crippen LogP contribution is -2.28. The van der Waals surface area contributed by atoms with Crippen LogP contribution in [-0.4, -0.2) is 12.1 Å². The Morgan fingerprint density at radius 2 is 1.89 bits per heavy atom. The SMILES string of the molecule is O=C(N/N=C/c1ccc(Br)cc1)C1CCCCC1. The Balaban J connectivity index is 1.83. The third-order valence-corrected chi connectivity index (χ3v) is 3.76. The van der Waals surface area contributed by atoms with E-state index in [2.05, 4.69) is 26.5 Å². The van der Waals surface area contributed by atoms with E-state index in [1.54, 1.807) is 6.21 Å². The molecule has 4 heteroatoms. The van der Waals surface area contributed by atoms with Gasteiger partial charge < -0.3 is 0 Å². The number of hydrazone groups is 1. The van der Waals surface area contributed by atoms with Gasteiger partial charge in [-0.1, -0.05) is 47.3 Å². The number of nitrogens with one attached hydrogen (secondary N) is 1. The van der Waals surface area contributed by atoms with Gasteiger partial charge in [-0.3, -0.25) is 4.79 Å². The third kappa shape index (κ3) is 3.95. The van der Waals surface area contributed by atoms with Crippen molar-refractivity contribution in [1.82, 2.24) is 5.43 Å². The summed E-state index contributed by atoms with van der Waals surface area (Å²) in [6.07, 6.45) is 7.25. The molecule has 1 N–H and O–H groups in total. The first kappa shape index (κ1) is 13.3. The fourth-order valence-electron chi connectivity index (χ4n) is 2.18. The van der Waals surface area contributed by atoms with Crippen LogP contribution in [0.15, 0.2) is 33.8 Å². The van der Waals surface area contributed by atoms with E-state index in [9.17, 15) is 4.79 Å². The van der Waals surface area contributed by atoms with Crippen LogP contribution >= 0.6 is 15.9 Å². The number of nitrogens with zero attached hydrogens (tertiary/aromatic N) is 1. The van der Waals surface area contributed by atoms with Crippen molar-refractivity contribution in [2.24, 2.45) is 11.0 Å². The van der Waals surface area contributed by atoms with E-state index in [4.69, 9.17) is 0 Å². The number of amides is 1. The van der Waals surface area contributed by atoms with Crippen LogP contribution in [0.3, 0.4) is 0 Å². The molecule has 3 nitrogen and oxygen atoms in total. The molecule has 0 aromatic heterocycles. The lowest BCUT2D eigenvalue weighted by Gasteiger charge is -2.19. The Labute approximate surface area is 116 Å². The number of carbonyl (C=O) groups is 1. The molecule has 0 bridgehead atoms. The average molecular weight is 309 g/mol. The smallest absolute Gasteiger partial charge is 0.243 e. The molecule has 0 aliphatic heterocycles. The topological polar surface area (TPSA) is 41.5 Å². The average Bonchev–Trinajstić information content (AvgIpc) is 2.42. The lowest BCUT2D eigenvalue weighted by molar-refractivity contribution is -0.125. The van der Waals surface area contributed by atoms with Crippen molar-refractivity contribution in [3.8, 4) is 0 Å². The van der Waals surface area contributed by atoms with Crippen molar-refractivity contribution < 1.29 is 4.79 Å². The van der Waals surface area contributed by atoms with Crippen LogP contribution in [0.5, 0.6) is 0 Å². The second-order valence-electron chi connectivity index (χ2n) is 4.62. The zero-order chi connectivity index (χ0) is 12.8. The molecular weight excluding hydrogens is 292 g/mol. The van der Waals surface area contributed by atoms with E-state index in [0.29, 0.717) is 0 Å². The molecule has 0 saturated heterocycles. The quantitative estimate of drug-likeness (QED) is 0.674. The highest BCUT2D eigenvalue weighted by Crippen LogP contribution is 2.23.